The molecule has 4 nitrogen and oxygen atoms in total. The SMILES string of the molecule is [H+].[O]=[Mn](=[O])(=[O])[OH]. The van der Waals surface area contributed by atoms with Crippen molar-refractivity contribution in [3.63, 3.8) is 0 Å². The summed E-state index contributed by atoms with van der Waals surface area (Å²) in [6, 6.07) is 0. The average Bonchev–Trinajstić information content (AvgIpc) is 0.722. The molecule has 0 aromatic carbocycles. The van der Waals surface area contributed by atoms with Crippen molar-refractivity contribution >= 4 is 0 Å². The standard InChI is InChI=1S/Mn.H2O.3O/h;1H2;;;/q+1;;;;. The molecule has 0 aliphatic rings. The molecule has 0 aromatic heterocycles. The Morgan fingerprint density at radius 3 is 1.40 bits per heavy atom. The normalized spacial score (nSPS) is 11.4. The van der Waals surface area contributed by atoms with Crippen molar-refractivity contribution in [2.45, 2.75) is 0 Å². The molecule has 0 saturated carbocycles. The topological polar surface area (TPSA) is 71.4 Å². The third-order valence-electron chi connectivity index (χ3n) is 0. The molecule has 5 heteroatoms. The first-order chi connectivity index (χ1) is 2.00. The van der Waals surface area contributed by atoms with Gasteiger partial charge in [-0.05, 0) is 0 Å². The third kappa shape index (κ3) is 943. The molecule has 0 aliphatic carbocycles. The van der Waals surface area contributed by atoms with Gasteiger partial charge in [0.2, 0.25) is 0 Å². The van der Waals surface area contributed by atoms with Crippen LogP contribution in [-0.4, -0.2) is 4.19 Å². The summed E-state index contributed by atoms with van der Waals surface area (Å²) in [5.74, 6) is 0. The van der Waals surface area contributed by atoms with Gasteiger partial charge in [0.05, 0.1) is 0 Å². The number of hydrogen-bond donors (Lipinski definition) is 1. The second kappa shape index (κ2) is 0.931. The zero-order valence-corrected chi connectivity index (χ0v) is 3.23. The van der Waals surface area contributed by atoms with Crippen LogP contribution in [0.1, 0.15) is 1.43 Å². The maximum atomic E-state index is 8.69. The molecule has 0 unspecified atom stereocenters. The molecular weight excluding hydrogens is 119 g/mol. The minimum atomic E-state index is -5.38. The van der Waals surface area contributed by atoms with E-state index in [1.807, 2.05) is 0 Å². The molecule has 0 saturated heterocycles. The van der Waals surface area contributed by atoms with Gasteiger partial charge in [-0.3, -0.25) is 0 Å². The Bertz CT molecular complexity index is 129. The molecule has 0 rings (SSSR count). The molecule has 5 heavy (non-hydrogen) atoms. The Kier molecular flexibility index (Phi) is 0.908. The quantitative estimate of drug-likeness (QED) is 0.425. The van der Waals surface area contributed by atoms with Crippen LogP contribution in [0.15, 0.2) is 0 Å². The van der Waals surface area contributed by atoms with E-state index in [0.717, 1.165) is 0 Å². The second-order valence-corrected chi connectivity index (χ2v) is 1.63. The van der Waals surface area contributed by atoms with Crippen LogP contribution in [0.3, 0.4) is 0 Å². The van der Waals surface area contributed by atoms with E-state index in [2.05, 4.69) is 0 Å². The van der Waals surface area contributed by atoms with Crippen LogP contribution in [0.2, 0.25) is 0 Å². The summed E-state index contributed by atoms with van der Waals surface area (Å²) in [6.45, 7) is 0. The van der Waals surface area contributed by atoms with Crippen molar-refractivity contribution in [2.75, 3.05) is 0 Å². The van der Waals surface area contributed by atoms with Crippen molar-refractivity contribution in [1.29, 1.82) is 0 Å². The number of rotatable bonds is 0. The van der Waals surface area contributed by atoms with Gasteiger partial charge in [-0.15, -0.1) is 0 Å². The molecule has 0 bridgehead atoms. The summed E-state index contributed by atoms with van der Waals surface area (Å²) in [4.78, 5) is 0. The van der Waals surface area contributed by atoms with Gasteiger partial charge in [-0.1, -0.05) is 0 Å². The van der Waals surface area contributed by atoms with E-state index in [9.17, 15) is 0 Å². The summed E-state index contributed by atoms with van der Waals surface area (Å²) in [5, 5.41) is 0. The molecule has 0 spiro atoms. The van der Waals surface area contributed by atoms with Crippen molar-refractivity contribution < 1.29 is 30.1 Å². The third-order valence-corrected chi connectivity index (χ3v) is 0. The second-order valence-electron chi connectivity index (χ2n) is 0.396. The molecule has 1 N–H and O–H groups in total. The summed E-state index contributed by atoms with van der Waals surface area (Å²) in [7, 11) is 0. The molecular formula is H2MnO4+. The molecule has 0 atom stereocenters. The average molecular weight is 121 g/mol. The Morgan fingerprint density at radius 2 is 1.40 bits per heavy atom. The molecule has 32 valence electrons. The fraction of sp³-hybridized carbons (Fsp3) is 0. The molecule has 0 amide bonds. The summed E-state index contributed by atoms with van der Waals surface area (Å²) < 4.78 is 33.1. The summed E-state index contributed by atoms with van der Waals surface area (Å²) in [6.07, 6.45) is 0. The molecule has 0 heterocycles. The first kappa shape index (κ1) is 4.88. The van der Waals surface area contributed by atoms with Crippen LogP contribution < -0.4 is 0 Å². The van der Waals surface area contributed by atoms with Crippen molar-refractivity contribution in [1.82, 2.24) is 0 Å². The van der Waals surface area contributed by atoms with E-state index >= 15 is 0 Å². The van der Waals surface area contributed by atoms with Gasteiger partial charge >= 0.3 is 30.1 Å². The number of hydrogen-bond acceptors (Lipinski definition) is 3. The molecule has 0 aliphatic heterocycles. The zero-order valence-electron chi connectivity index (χ0n) is 3.05. The van der Waals surface area contributed by atoms with Gasteiger partial charge in [0.15, 0.2) is 0 Å². The van der Waals surface area contributed by atoms with Gasteiger partial charge in [0.1, 0.15) is 0 Å². The van der Waals surface area contributed by atoms with Crippen molar-refractivity contribution in [3.05, 3.63) is 0 Å². The zero-order chi connectivity index (χ0) is 4.50. The fourth-order valence-corrected chi connectivity index (χ4v) is 0. The minimum absolute atomic E-state index is 0. The van der Waals surface area contributed by atoms with Gasteiger partial charge in [-0.2, -0.15) is 0 Å². The predicted molar refractivity (Wildman–Crippen MR) is 5.39 cm³/mol. The van der Waals surface area contributed by atoms with Crippen LogP contribution >= 0.6 is 0 Å². The summed E-state index contributed by atoms with van der Waals surface area (Å²) in [5.41, 5.74) is 0. The Balaban J connectivity index is 0. The van der Waals surface area contributed by atoms with Gasteiger partial charge in [0, 0.05) is 0 Å². The van der Waals surface area contributed by atoms with E-state index in [-0.39, 0.29) is 1.43 Å². The fourth-order valence-electron chi connectivity index (χ4n) is 0. The predicted octanol–water partition coefficient (Wildman–Crippen LogP) is -0.803. The molecule has 0 aromatic rings. The van der Waals surface area contributed by atoms with Crippen LogP contribution in [0.25, 0.3) is 0 Å². The first-order valence-electron chi connectivity index (χ1n) is 0.632. The van der Waals surface area contributed by atoms with Crippen LogP contribution in [0.5, 0.6) is 0 Å². The van der Waals surface area contributed by atoms with Crippen molar-refractivity contribution in [3.8, 4) is 0 Å². The molecule has 0 fully saturated rings. The van der Waals surface area contributed by atoms with Gasteiger partial charge in [0.25, 0.3) is 0 Å². The van der Waals surface area contributed by atoms with Crippen molar-refractivity contribution in [2.24, 2.45) is 0 Å². The Morgan fingerprint density at radius 1 is 1.40 bits per heavy atom. The van der Waals surface area contributed by atoms with Crippen LogP contribution in [0, 0.1) is 0 Å². The Hall–Kier alpha value is -0.121. The monoisotopic (exact) mass is 121 g/mol. The maximum absolute atomic E-state index is 8.69. The van der Waals surface area contributed by atoms with E-state index in [0.29, 0.717) is 0 Å². The van der Waals surface area contributed by atoms with Gasteiger partial charge in [-0.25, -0.2) is 0 Å². The van der Waals surface area contributed by atoms with E-state index in [4.69, 9.17) is 15.7 Å². The van der Waals surface area contributed by atoms with E-state index in [1.54, 1.807) is 0 Å². The first-order valence-corrected chi connectivity index (χ1v) is 2.61. The van der Waals surface area contributed by atoms with Crippen LogP contribution in [0.4, 0.5) is 0 Å². The Labute approximate surface area is 31.1 Å². The van der Waals surface area contributed by atoms with Gasteiger partial charge < -0.3 is 0 Å². The molecule has 0 radical (unpaired) electrons. The van der Waals surface area contributed by atoms with E-state index in [1.165, 1.54) is 0 Å². The summed E-state index contributed by atoms with van der Waals surface area (Å²) >= 11 is -5.38. The van der Waals surface area contributed by atoms with E-state index < -0.39 is 13.0 Å². The van der Waals surface area contributed by atoms with Crippen LogP contribution in [-0.2, 0) is 24.5 Å².